The SMILES string of the molecule is Cc1ncsc1CCN(C)Cc1ccccc1C(=O)O. The van der Waals surface area contributed by atoms with Gasteiger partial charge >= 0.3 is 5.97 Å². The Morgan fingerprint density at radius 1 is 1.40 bits per heavy atom. The molecule has 106 valence electrons. The van der Waals surface area contributed by atoms with Crippen LogP contribution in [0.4, 0.5) is 0 Å². The highest BCUT2D eigenvalue weighted by Gasteiger charge is 2.11. The molecule has 0 saturated heterocycles. The summed E-state index contributed by atoms with van der Waals surface area (Å²) in [6.45, 7) is 3.54. The van der Waals surface area contributed by atoms with Crippen LogP contribution in [0.25, 0.3) is 0 Å². The number of carboxylic acid groups (broad SMARTS) is 1. The van der Waals surface area contributed by atoms with E-state index in [0.29, 0.717) is 12.1 Å². The van der Waals surface area contributed by atoms with Crippen molar-refractivity contribution in [2.24, 2.45) is 0 Å². The molecule has 0 bridgehead atoms. The van der Waals surface area contributed by atoms with Crippen molar-refractivity contribution in [2.75, 3.05) is 13.6 Å². The topological polar surface area (TPSA) is 53.4 Å². The summed E-state index contributed by atoms with van der Waals surface area (Å²) >= 11 is 1.67. The van der Waals surface area contributed by atoms with Gasteiger partial charge in [-0.25, -0.2) is 9.78 Å². The molecule has 0 aliphatic heterocycles. The number of likely N-dealkylation sites (N-methyl/N-ethyl adjacent to an activating group) is 1. The molecule has 1 aromatic carbocycles. The third-order valence-electron chi connectivity index (χ3n) is 3.25. The summed E-state index contributed by atoms with van der Waals surface area (Å²) in [6.07, 6.45) is 0.947. The van der Waals surface area contributed by atoms with Crippen LogP contribution in [0.2, 0.25) is 0 Å². The van der Waals surface area contributed by atoms with Gasteiger partial charge in [0.15, 0.2) is 0 Å². The first kappa shape index (κ1) is 14.7. The minimum atomic E-state index is -0.868. The van der Waals surface area contributed by atoms with Crippen molar-refractivity contribution in [1.29, 1.82) is 0 Å². The predicted molar refractivity (Wildman–Crippen MR) is 80.3 cm³/mol. The Labute approximate surface area is 122 Å². The monoisotopic (exact) mass is 290 g/mol. The van der Waals surface area contributed by atoms with Gasteiger partial charge in [0.2, 0.25) is 0 Å². The average Bonchev–Trinajstić information content (AvgIpc) is 2.82. The van der Waals surface area contributed by atoms with Gasteiger partial charge in [-0.3, -0.25) is 0 Å². The van der Waals surface area contributed by atoms with E-state index in [4.69, 9.17) is 5.11 Å². The molecule has 0 saturated carbocycles. The fraction of sp³-hybridized carbons (Fsp3) is 0.333. The number of carboxylic acids is 1. The van der Waals surface area contributed by atoms with E-state index in [1.54, 1.807) is 23.5 Å². The lowest BCUT2D eigenvalue weighted by molar-refractivity contribution is 0.0694. The molecule has 5 heteroatoms. The van der Waals surface area contributed by atoms with Crippen molar-refractivity contribution in [3.05, 3.63) is 51.5 Å². The number of nitrogens with zero attached hydrogens (tertiary/aromatic N) is 2. The predicted octanol–water partition coefficient (Wildman–Crippen LogP) is 2.82. The summed E-state index contributed by atoms with van der Waals surface area (Å²) in [6, 6.07) is 7.16. The number of thiazole rings is 1. The quantitative estimate of drug-likeness (QED) is 0.889. The van der Waals surface area contributed by atoms with Crippen molar-refractivity contribution in [1.82, 2.24) is 9.88 Å². The van der Waals surface area contributed by atoms with Gasteiger partial charge in [-0.2, -0.15) is 0 Å². The van der Waals surface area contributed by atoms with Crippen molar-refractivity contribution < 1.29 is 9.90 Å². The first-order valence-electron chi connectivity index (χ1n) is 6.46. The third-order valence-corrected chi connectivity index (χ3v) is 4.25. The van der Waals surface area contributed by atoms with Crippen LogP contribution in [0, 0.1) is 6.92 Å². The van der Waals surface area contributed by atoms with E-state index in [9.17, 15) is 4.79 Å². The summed E-state index contributed by atoms with van der Waals surface area (Å²) in [5.41, 5.74) is 4.19. The second kappa shape index (κ2) is 6.63. The molecule has 1 aromatic heterocycles. The van der Waals surface area contributed by atoms with Crippen molar-refractivity contribution >= 4 is 17.3 Å². The number of hydrogen-bond acceptors (Lipinski definition) is 4. The van der Waals surface area contributed by atoms with Gasteiger partial charge in [0.1, 0.15) is 0 Å². The Hall–Kier alpha value is -1.72. The van der Waals surface area contributed by atoms with Gasteiger partial charge in [0, 0.05) is 18.0 Å². The highest BCUT2D eigenvalue weighted by molar-refractivity contribution is 7.09. The maximum Gasteiger partial charge on any atom is 0.336 e. The first-order valence-corrected chi connectivity index (χ1v) is 7.34. The summed E-state index contributed by atoms with van der Waals surface area (Å²) in [7, 11) is 2.01. The van der Waals surface area contributed by atoms with Crippen LogP contribution in [-0.4, -0.2) is 34.6 Å². The van der Waals surface area contributed by atoms with E-state index in [0.717, 1.165) is 24.2 Å². The zero-order chi connectivity index (χ0) is 14.5. The molecule has 0 amide bonds. The first-order chi connectivity index (χ1) is 9.58. The molecule has 0 fully saturated rings. The van der Waals surface area contributed by atoms with E-state index in [2.05, 4.69) is 9.88 Å². The second-order valence-corrected chi connectivity index (χ2v) is 5.75. The van der Waals surface area contributed by atoms with Crippen LogP contribution < -0.4 is 0 Å². The molecular formula is C15H18N2O2S. The highest BCUT2D eigenvalue weighted by Crippen LogP contribution is 2.15. The Kier molecular flexibility index (Phi) is 4.87. The van der Waals surface area contributed by atoms with Gasteiger partial charge in [0.05, 0.1) is 16.8 Å². The van der Waals surface area contributed by atoms with Crippen molar-refractivity contribution in [3.8, 4) is 0 Å². The molecule has 2 aromatic rings. The Morgan fingerprint density at radius 3 is 2.80 bits per heavy atom. The fourth-order valence-corrected chi connectivity index (χ4v) is 2.87. The van der Waals surface area contributed by atoms with Gasteiger partial charge in [-0.15, -0.1) is 11.3 Å². The lowest BCUT2D eigenvalue weighted by Crippen LogP contribution is -2.22. The Balaban J connectivity index is 1.96. The molecule has 1 N–H and O–H groups in total. The van der Waals surface area contributed by atoms with E-state index in [1.165, 1.54) is 4.88 Å². The number of aryl methyl sites for hydroxylation is 1. The summed E-state index contributed by atoms with van der Waals surface area (Å²) in [4.78, 5) is 18.8. The van der Waals surface area contributed by atoms with Crippen LogP contribution in [0.5, 0.6) is 0 Å². The molecule has 0 spiro atoms. The lowest BCUT2D eigenvalue weighted by atomic mass is 10.1. The molecule has 2 rings (SSSR count). The van der Waals surface area contributed by atoms with Crippen LogP contribution in [-0.2, 0) is 13.0 Å². The van der Waals surface area contributed by atoms with Gasteiger partial charge < -0.3 is 10.0 Å². The molecular weight excluding hydrogens is 272 g/mol. The zero-order valence-corrected chi connectivity index (χ0v) is 12.5. The van der Waals surface area contributed by atoms with Crippen LogP contribution in [0.3, 0.4) is 0 Å². The minimum Gasteiger partial charge on any atom is -0.478 e. The number of benzene rings is 1. The summed E-state index contributed by atoms with van der Waals surface area (Å²) < 4.78 is 0. The largest absolute Gasteiger partial charge is 0.478 e. The number of aromatic carboxylic acids is 1. The standard InChI is InChI=1S/C15H18N2O2S/c1-11-14(20-10-16-11)7-8-17(2)9-12-5-3-4-6-13(12)15(18)19/h3-6,10H,7-9H2,1-2H3,(H,18,19). The molecule has 0 aliphatic carbocycles. The molecule has 0 atom stereocenters. The number of aromatic nitrogens is 1. The molecule has 0 aliphatic rings. The van der Waals surface area contributed by atoms with Gasteiger partial charge in [0.25, 0.3) is 0 Å². The van der Waals surface area contributed by atoms with Gasteiger partial charge in [-0.05, 0) is 32.0 Å². The molecule has 4 nitrogen and oxygen atoms in total. The van der Waals surface area contributed by atoms with Crippen LogP contribution in [0.1, 0.15) is 26.5 Å². The van der Waals surface area contributed by atoms with Crippen LogP contribution >= 0.6 is 11.3 Å². The molecule has 0 unspecified atom stereocenters. The Morgan fingerprint density at radius 2 is 2.15 bits per heavy atom. The summed E-state index contributed by atoms with van der Waals surface area (Å²) in [5, 5.41) is 9.17. The van der Waals surface area contributed by atoms with Crippen molar-refractivity contribution in [2.45, 2.75) is 19.9 Å². The molecule has 1 heterocycles. The van der Waals surface area contributed by atoms with E-state index in [1.807, 2.05) is 31.6 Å². The second-order valence-electron chi connectivity index (χ2n) is 4.81. The Bertz CT molecular complexity index is 595. The molecule has 20 heavy (non-hydrogen) atoms. The smallest absolute Gasteiger partial charge is 0.336 e. The third kappa shape index (κ3) is 3.65. The van der Waals surface area contributed by atoms with Crippen LogP contribution in [0.15, 0.2) is 29.8 Å². The maximum absolute atomic E-state index is 11.2. The highest BCUT2D eigenvalue weighted by atomic mass is 32.1. The zero-order valence-electron chi connectivity index (χ0n) is 11.7. The lowest BCUT2D eigenvalue weighted by Gasteiger charge is -2.17. The summed E-state index contributed by atoms with van der Waals surface area (Å²) in [5.74, 6) is -0.868. The molecule has 0 radical (unpaired) electrons. The number of rotatable bonds is 6. The minimum absolute atomic E-state index is 0.383. The van der Waals surface area contributed by atoms with Gasteiger partial charge in [-0.1, -0.05) is 18.2 Å². The van der Waals surface area contributed by atoms with E-state index < -0.39 is 5.97 Å². The average molecular weight is 290 g/mol. The number of carbonyl (C=O) groups is 1. The number of hydrogen-bond donors (Lipinski definition) is 1. The van der Waals surface area contributed by atoms with E-state index in [-0.39, 0.29) is 0 Å². The van der Waals surface area contributed by atoms with E-state index >= 15 is 0 Å². The normalized spacial score (nSPS) is 10.9. The maximum atomic E-state index is 11.2. The fourth-order valence-electron chi connectivity index (χ4n) is 2.10. The van der Waals surface area contributed by atoms with Crippen molar-refractivity contribution in [3.63, 3.8) is 0 Å².